The average Bonchev–Trinajstić information content (AvgIpc) is 2.97. The lowest BCUT2D eigenvalue weighted by Crippen LogP contribution is -2.10. The highest BCUT2D eigenvalue weighted by Crippen LogP contribution is 2.39. The first-order valence-corrected chi connectivity index (χ1v) is 12.4. The molecule has 37 heavy (non-hydrogen) atoms. The van der Waals surface area contributed by atoms with Crippen LogP contribution in [0.5, 0.6) is 0 Å². The molecule has 0 aliphatic heterocycles. The molecule has 0 bridgehead atoms. The topological polar surface area (TPSA) is 3.24 Å². The van der Waals surface area contributed by atoms with E-state index in [0.29, 0.717) is 0 Å². The molecule has 0 radical (unpaired) electrons. The minimum atomic E-state index is 1.04. The number of allylic oxidation sites excluding steroid dienone is 4. The lowest BCUT2D eigenvalue weighted by molar-refractivity contribution is 1.28. The summed E-state index contributed by atoms with van der Waals surface area (Å²) in [6.45, 7) is 7.88. The first-order valence-electron chi connectivity index (χ1n) is 12.4. The number of anilines is 3. The zero-order chi connectivity index (χ0) is 25.5. The van der Waals surface area contributed by atoms with Crippen LogP contribution in [0.25, 0.3) is 27.8 Å². The first kappa shape index (κ1) is 23.8. The Morgan fingerprint density at radius 2 is 0.946 bits per heavy atom. The molecule has 0 N–H and O–H groups in total. The monoisotopic (exact) mass is 475 g/mol. The molecule has 0 amide bonds. The smallest absolute Gasteiger partial charge is 0.0467 e. The predicted octanol–water partition coefficient (Wildman–Crippen LogP) is 10.2. The fourth-order valence-electron chi connectivity index (χ4n) is 4.59. The van der Waals surface area contributed by atoms with Gasteiger partial charge in [0.05, 0.1) is 0 Å². The molecule has 1 heteroatoms. The molecule has 0 aromatic heterocycles. The molecule has 0 saturated carbocycles. The highest BCUT2D eigenvalue weighted by atomic mass is 15.1. The number of rotatable bonds is 8. The maximum absolute atomic E-state index is 4.01. The van der Waals surface area contributed by atoms with Crippen molar-refractivity contribution in [2.24, 2.45) is 0 Å². The van der Waals surface area contributed by atoms with Crippen LogP contribution in [0, 0.1) is 0 Å². The average molecular weight is 476 g/mol. The van der Waals surface area contributed by atoms with Crippen molar-refractivity contribution in [2.75, 3.05) is 4.90 Å². The Morgan fingerprint density at radius 1 is 0.486 bits per heavy atom. The molecule has 5 rings (SSSR count). The van der Waals surface area contributed by atoms with Crippen LogP contribution in [0.2, 0.25) is 0 Å². The highest BCUT2D eigenvalue weighted by molar-refractivity contribution is 5.84. The summed E-state index contributed by atoms with van der Waals surface area (Å²) in [6, 6.07) is 47.0. The Bertz CT molecular complexity index is 1460. The molecule has 0 atom stereocenters. The van der Waals surface area contributed by atoms with Crippen molar-refractivity contribution < 1.29 is 0 Å². The molecule has 0 spiro atoms. The minimum absolute atomic E-state index is 1.04. The van der Waals surface area contributed by atoms with E-state index in [4.69, 9.17) is 0 Å². The Hall–Kier alpha value is -4.88. The van der Waals surface area contributed by atoms with Crippen LogP contribution in [0.1, 0.15) is 5.56 Å². The van der Waals surface area contributed by atoms with Crippen LogP contribution in [0.3, 0.4) is 0 Å². The van der Waals surface area contributed by atoms with Gasteiger partial charge in [0.2, 0.25) is 0 Å². The number of hydrogen-bond donors (Lipinski definition) is 0. The Kier molecular flexibility index (Phi) is 7.24. The van der Waals surface area contributed by atoms with Crippen LogP contribution in [-0.4, -0.2) is 0 Å². The van der Waals surface area contributed by atoms with Crippen LogP contribution < -0.4 is 4.90 Å². The SMILES string of the molecule is C=C/C=C(\C=C)c1cccc(N(c2cccc(-c3ccccc3)c2)c2cccc(-c3ccccc3)c2)c1. The summed E-state index contributed by atoms with van der Waals surface area (Å²) in [5.74, 6) is 0. The number of benzene rings is 5. The summed E-state index contributed by atoms with van der Waals surface area (Å²) in [7, 11) is 0. The highest BCUT2D eigenvalue weighted by Gasteiger charge is 2.15. The predicted molar refractivity (Wildman–Crippen MR) is 160 cm³/mol. The summed E-state index contributed by atoms with van der Waals surface area (Å²) in [5, 5.41) is 0. The molecule has 0 heterocycles. The normalized spacial score (nSPS) is 11.1. The molecule has 5 aromatic carbocycles. The van der Waals surface area contributed by atoms with Gasteiger partial charge in [-0.05, 0) is 69.8 Å². The summed E-state index contributed by atoms with van der Waals surface area (Å²) in [6.07, 6.45) is 5.66. The van der Waals surface area contributed by atoms with Crippen LogP contribution in [0.4, 0.5) is 17.1 Å². The van der Waals surface area contributed by atoms with Crippen LogP contribution in [0.15, 0.2) is 165 Å². The van der Waals surface area contributed by atoms with Crippen molar-refractivity contribution in [3.05, 3.63) is 170 Å². The molecule has 0 aliphatic carbocycles. The molecular weight excluding hydrogens is 446 g/mol. The molecule has 0 saturated heterocycles. The van der Waals surface area contributed by atoms with Crippen molar-refractivity contribution in [3.8, 4) is 22.3 Å². The third kappa shape index (κ3) is 5.37. The second kappa shape index (κ2) is 11.2. The molecule has 0 unspecified atom stereocenters. The van der Waals surface area contributed by atoms with Gasteiger partial charge in [0.15, 0.2) is 0 Å². The van der Waals surface area contributed by atoms with Crippen molar-refractivity contribution in [2.45, 2.75) is 0 Å². The first-order chi connectivity index (χ1) is 18.3. The van der Waals surface area contributed by atoms with E-state index in [1.165, 1.54) is 22.3 Å². The minimum Gasteiger partial charge on any atom is -0.310 e. The summed E-state index contributed by atoms with van der Waals surface area (Å²) in [5.41, 5.74) is 10.1. The van der Waals surface area contributed by atoms with E-state index in [1.807, 2.05) is 24.3 Å². The van der Waals surface area contributed by atoms with E-state index in [2.05, 4.69) is 139 Å². The molecule has 0 fully saturated rings. The molecule has 178 valence electrons. The van der Waals surface area contributed by atoms with E-state index in [9.17, 15) is 0 Å². The second-order valence-electron chi connectivity index (χ2n) is 8.78. The largest absolute Gasteiger partial charge is 0.310 e. The summed E-state index contributed by atoms with van der Waals surface area (Å²) >= 11 is 0. The van der Waals surface area contributed by atoms with Gasteiger partial charge in [-0.3, -0.25) is 0 Å². The third-order valence-corrected chi connectivity index (χ3v) is 6.38. The van der Waals surface area contributed by atoms with Gasteiger partial charge in [-0.15, -0.1) is 0 Å². The van der Waals surface area contributed by atoms with Gasteiger partial charge in [0.1, 0.15) is 0 Å². The maximum Gasteiger partial charge on any atom is 0.0467 e. The van der Waals surface area contributed by atoms with Gasteiger partial charge in [0.25, 0.3) is 0 Å². The van der Waals surface area contributed by atoms with Gasteiger partial charge in [0, 0.05) is 17.1 Å². The van der Waals surface area contributed by atoms with E-state index in [0.717, 1.165) is 28.2 Å². The van der Waals surface area contributed by atoms with Crippen molar-refractivity contribution in [1.82, 2.24) is 0 Å². The number of hydrogen-bond acceptors (Lipinski definition) is 1. The van der Waals surface area contributed by atoms with Crippen LogP contribution in [-0.2, 0) is 0 Å². The van der Waals surface area contributed by atoms with E-state index < -0.39 is 0 Å². The van der Waals surface area contributed by atoms with E-state index in [-0.39, 0.29) is 0 Å². The lowest BCUT2D eigenvalue weighted by atomic mass is 10.0. The van der Waals surface area contributed by atoms with Crippen molar-refractivity contribution >= 4 is 22.6 Å². The number of nitrogens with zero attached hydrogens (tertiary/aromatic N) is 1. The Balaban J connectivity index is 1.68. The quantitative estimate of drug-likeness (QED) is 0.202. The standard InChI is InChI=1S/C36H29N/c1-3-14-28(4-2)31-19-11-22-34(25-31)37(35-23-12-20-32(26-35)29-15-7-5-8-16-29)36-24-13-21-33(27-36)30-17-9-6-10-18-30/h3-27H,1-2H2/b28-14+. The second-order valence-corrected chi connectivity index (χ2v) is 8.78. The molecule has 1 nitrogen and oxygen atoms in total. The summed E-state index contributed by atoms with van der Waals surface area (Å²) < 4.78 is 0. The summed E-state index contributed by atoms with van der Waals surface area (Å²) in [4.78, 5) is 2.32. The van der Waals surface area contributed by atoms with E-state index in [1.54, 1.807) is 6.08 Å². The molecular formula is C36H29N. The maximum atomic E-state index is 4.01. The fraction of sp³-hybridized carbons (Fsp3) is 0. The van der Waals surface area contributed by atoms with Gasteiger partial charge >= 0.3 is 0 Å². The van der Waals surface area contributed by atoms with Crippen molar-refractivity contribution in [3.63, 3.8) is 0 Å². The zero-order valence-corrected chi connectivity index (χ0v) is 20.8. The van der Waals surface area contributed by atoms with E-state index >= 15 is 0 Å². The Labute approximate surface area is 220 Å². The van der Waals surface area contributed by atoms with Gasteiger partial charge in [-0.25, -0.2) is 0 Å². The third-order valence-electron chi connectivity index (χ3n) is 6.38. The fourth-order valence-corrected chi connectivity index (χ4v) is 4.59. The van der Waals surface area contributed by atoms with Gasteiger partial charge in [-0.1, -0.05) is 128 Å². The Morgan fingerprint density at radius 3 is 1.43 bits per heavy atom. The van der Waals surface area contributed by atoms with Gasteiger partial charge < -0.3 is 4.90 Å². The lowest BCUT2D eigenvalue weighted by Gasteiger charge is -2.27. The van der Waals surface area contributed by atoms with Gasteiger partial charge in [-0.2, -0.15) is 0 Å². The molecule has 5 aromatic rings. The van der Waals surface area contributed by atoms with Crippen LogP contribution >= 0.6 is 0 Å². The van der Waals surface area contributed by atoms with Crippen molar-refractivity contribution in [1.29, 1.82) is 0 Å². The zero-order valence-electron chi connectivity index (χ0n) is 20.8. The molecule has 0 aliphatic rings.